The van der Waals surface area contributed by atoms with E-state index in [1.807, 2.05) is 6.07 Å². The Bertz CT molecular complexity index is 1100. The molecule has 1 amide bonds. The molecule has 0 aliphatic heterocycles. The molecule has 0 saturated heterocycles. The van der Waals surface area contributed by atoms with Gasteiger partial charge in [-0.1, -0.05) is 23.7 Å². The van der Waals surface area contributed by atoms with E-state index in [9.17, 15) is 9.18 Å². The second kappa shape index (κ2) is 8.99. The highest BCUT2D eigenvalue weighted by Gasteiger charge is 2.13. The van der Waals surface area contributed by atoms with Crippen LogP contribution in [0, 0.1) is 24.1 Å². The number of nitriles is 1. The van der Waals surface area contributed by atoms with Crippen LogP contribution in [0.5, 0.6) is 5.75 Å². The summed E-state index contributed by atoms with van der Waals surface area (Å²) in [6, 6.07) is 14.3. The second-order valence-corrected chi connectivity index (χ2v) is 6.23. The summed E-state index contributed by atoms with van der Waals surface area (Å²) in [6.45, 7) is 1.43. The highest BCUT2D eigenvalue weighted by atomic mass is 35.5. The van der Waals surface area contributed by atoms with Crippen molar-refractivity contribution in [3.63, 3.8) is 0 Å². The molecule has 0 aliphatic rings. The molecular formula is C20H15ClFN5O2. The zero-order chi connectivity index (χ0) is 20.8. The number of carbonyl (C=O) groups excluding carboxylic acids is 1. The van der Waals surface area contributed by atoms with Gasteiger partial charge in [0.25, 0.3) is 5.91 Å². The number of hydrazone groups is 1. The van der Waals surface area contributed by atoms with Gasteiger partial charge in [-0.15, -0.1) is 0 Å². The number of aryl methyl sites for hydroxylation is 1. The molecule has 1 aromatic heterocycles. The smallest absolute Gasteiger partial charge is 0.277 e. The predicted molar refractivity (Wildman–Crippen MR) is 106 cm³/mol. The van der Waals surface area contributed by atoms with Crippen LogP contribution in [0.2, 0.25) is 5.15 Å². The summed E-state index contributed by atoms with van der Waals surface area (Å²) in [5, 5.41) is 17.5. The molecule has 0 aliphatic carbocycles. The number of aromatic nitrogens is 2. The molecule has 3 rings (SSSR count). The predicted octanol–water partition coefficient (Wildman–Crippen LogP) is 3.37. The molecule has 0 saturated carbocycles. The highest BCUT2D eigenvalue weighted by molar-refractivity contribution is 6.32. The number of rotatable bonds is 6. The minimum atomic E-state index is -0.506. The van der Waals surface area contributed by atoms with Crippen LogP contribution in [0.25, 0.3) is 5.69 Å². The summed E-state index contributed by atoms with van der Waals surface area (Å²) in [5.74, 6) is -0.555. The van der Waals surface area contributed by atoms with Crippen LogP contribution in [0.15, 0.2) is 53.6 Å². The summed E-state index contributed by atoms with van der Waals surface area (Å²) in [7, 11) is 0. The number of hydrogen-bond acceptors (Lipinski definition) is 5. The summed E-state index contributed by atoms with van der Waals surface area (Å²) in [5.41, 5.74) is 4.34. The van der Waals surface area contributed by atoms with Crippen molar-refractivity contribution >= 4 is 23.7 Å². The molecule has 146 valence electrons. The molecular weight excluding hydrogens is 397 g/mol. The van der Waals surface area contributed by atoms with Gasteiger partial charge in [-0.25, -0.2) is 14.5 Å². The van der Waals surface area contributed by atoms with Gasteiger partial charge < -0.3 is 4.74 Å². The summed E-state index contributed by atoms with van der Waals surface area (Å²) >= 11 is 6.34. The van der Waals surface area contributed by atoms with E-state index in [-0.39, 0.29) is 17.6 Å². The first-order chi connectivity index (χ1) is 14.0. The van der Waals surface area contributed by atoms with Crippen molar-refractivity contribution in [2.75, 3.05) is 6.61 Å². The number of carbonyl (C=O) groups is 1. The average molecular weight is 412 g/mol. The molecule has 29 heavy (non-hydrogen) atoms. The Morgan fingerprint density at radius 3 is 2.79 bits per heavy atom. The van der Waals surface area contributed by atoms with Gasteiger partial charge >= 0.3 is 0 Å². The molecule has 0 bridgehead atoms. The number of benzene rings is 2. The minimum absolute atomic E-state index is 0.270. The SMILES string of the molecule is Cc1nn(-c2ccc(F)cc2)c(Cl)c1/C=N/NC(=O)COc1ccccc1C#N. The van der Waals surface area contributed by atoms with Crippen molar-refractivity contribution in [3.8, 4) is 17.5 Å². The van der Waals surface area contributed by atoms with Crippen molar-refractivity contribution in [2.45, 2.75) is 6.92 Å². The van der Waals surface area contributed by atoms with E-state index in [1.54, 1.807) is 43.3 Å². The van der Waals surface area contributed by atoms with Crippen molar-refractivity contribution in [3.05, 3.63) is 76.3 Å². The fourth-order valence-electron chi connectivity index (χ4n) is 2.44. The molecule has 0 spiro atoms. The zero-order valence-electron chi connectivity index (χ0n) is 15.3. The number of para-hydroxylation sites is 1. The summed E-state index contributed by atoms with van der Waals surface area (Å²) < 4.78 is 19.9. The Labute approximate surface area is 171 Å². The van der Waals surface area contributed by atoms with E-state index < -0.39 is 5.91 Å². The first-order valence-electron chi connectivity index (χ1n) is 8.44. The molecule has 2 aromatic carbocycles. The lowest BCUT2D eigenvalue weighted by Gasteiger charge is -2.06. The van der Waals surface area contributed by atoms with Crippen LogP contribution in [0.1, 0.15) is 16.8 Å². The number of hydrogen-bond donors (Lipinski definition) is 1. The van der Waals surface area contributed by atoms with Gasteiger partial charge in [0.1, 0.15) is 22.8 Å². The lowest BCUT2D eigenvalue weighted by atomic mass is 10.2. The molecule has 9 heteroatoms. The third-order valence-electron chi connectivity index (χ3n) is 3.87. The number of halogens is 2. The molecule has 1 N–H and O–H groups in total. The van der Waals surface area contributed by atoms with Gasteiger partial charge in [0, 0.05) is 0 Å². The number of nitrogens with one attached hydrogen (secondary N) is 1. The van der Waals surface area contributed by atoms with E-state index >= 15 is 0 Å². The summed E-state index contributed by atoms with van der Waals surface area (Å²) in [6.07, 6.45) is 1.37. The zero-order valence-corrected chi connectivity index (χ0v) is 16.0. The van der Waals surface area contributed by atoms with Crippen LogP contribution in [0.4, 0.5) is 4.39 Å². The highest BCUT2D eigenvalue weighted by Crippen LogP contribution is 2.22. The molecule has 7 nitrogen and oxygen atoms in total. The van der Waals surface area contributed by atoms with E-state index in [0.29, 0.717) is 28.3 Å². The number of amides is 1. The van der Waals surface area contributed by atoms with Crippen molar-refractivity contribution < 1.29 is 13.9 Å². The normalized spacial score (nSPS) is 10.7. The van der Waals surface area contributed by atoms with Crippen LogP contribution in [-0.4, -0.2) is 28.5 Å². The molecule has 1 heterocycles. The number of nitrogens with zero attached hydrogens (tertiary/aromatic N) is 4. The van der Waals surface area contributed by atoms with Crippen molar-refractivity contribution in [1.29, 1.82) is 5.26 Å². The monoisotopic (exact) mass is 411 g/mol. The van der Waals surface area contributed by atoms with Gasteiger partial charge in [-0.2, -0.15) is 15.5 Å². The molecule has 3 aromatic rings. The molecule has 0 unspecified atom stereocenters. The van der Waals surface area contributed by atoms with Crippen LogP contribution in [-0.2, 0) is 4.79 Å². The first-order valence-corrected chi connectivity index (χ1v) is 8.82. The molecule has 0 fully saturated rings. The Morgan fingerprint density at radius 2 is 2.07 bits per heavy atom. The van der Waals surface area contributed by atoms with E-state index in [0.717, 1.165) is 0 Å². The first kappa shape index (κ1) is 20.0. The van der Waals surface area contributed by atoms with Crippen LogP contribution >= 0.6 is 11.6 Å². The van der Waals surface area contributed by atoms with Gasteiger partial charge in [-0.05, 0) is 43.3 Å². The van der Waals surface area contributed by atoms with Gasteiger partial charge in [0.2, 0.25) is 0 Å². The van der Waals surface area contributed by atoms with Crippen molar-refractivity contribution in [1.82, 2.24) is 15.2 Å². The standard InChI is InChI=1S/C20H15ClFN5O2/c1-13-17(20(21)27(26-13)16-8-6-15(22)7-9-16)11-24-25-19(28)12-29-18-5-3-2-4-14(18)10-23/h2-9,11H,12H2,1H3,(H,25,28)/b24-11+. The Morgan fingerprint density at radius 1 is 1.34 bits per heavy atom. The third-order valence-corrected chi connectivity index (χ3v) is 4.23. The molecule has 0 radical (unpaired) electrons. The largest absolute Gasteiger partial charge is 0.482 e. The van der Waals surface area contributed by atoms with Gasteiger partial charge in [-0.3, -0.25) is 4.79 Å². The van der Waals surface area contributed by atoms with Gasteiger partial charge in [0.15, 0.2) is 6.61 Å². The molecule has 0 atom stereocenters. The lowest BCUT2D eigenvalue weighted by molar-refractivity contribution is -0.123. The fraction of sp³-hybridized carbons (Fsp3) is 0.100. The maximum atomic E-state index is 13.1. The average Bonchev–Trinajstić information content (AvgIpc) is 3.01. The van der Waals surface area contributed by atoms with Crippen molar-refractivity contribution in [2.24, 2.45) is 5.10 Å². The fourth-order valence-corrected chi connectivity index (χ4v) is 2.76. The van der Waals surface area contributed by atoms with Crippen LogP contribution < -0.4 is 10.2 Å². The maximum absolute atomic E-state index is 13.1. The Hall–Kier alpha value is -3.70. The van der Waals surface area contributed by atoms with E-state index in [4.69, 9.17) is 21.6 Å². The second-order valence-electron chi connectivity index (χ2n) is 5.87. The minimum Gasteiger partial charge on any atom is -0.482 e. The Kier molecular flexibility index (Phi) is 6.22. The number of ether oxygens (including phenoxy) is 1. The third kappa shape index (κ3) is 4.78. The van der Waals surface area contributed by atoms with E-state index in [1.165, 1.54) is 23.0 Å². The Balaban J connectivity index is 1.64. The van der Waals surface area contributed by atoms with E-state index in [2.05, 4.69) is 15.6 Å². The quantitative estimate of drug-likeness (QED) is 0.497. The summed E-state index contributed by atoms with van der Waals surface area (Å²) in [4.78, 5) is 11.9. The van der Waals surface area contributed by atoms with Gasteiger partial charge in [0.05, 0.1) is 28.7 Å². The van der Waals surface area contributed by atoms with Crippen LogP contribution in [0.3, 0.4) is 0 Å². The topological polar surface area (TPSA) is 92.3 Å². The maximum Gasteiger partial charge on any atom is 0.277 e. The lowest BCUT2D eigenvalue weighted by Crippen LogP contribution is -2.24.